The molecule has 1 aromatic carbocycles. The van der Waals surface area contributed by atoms with E-state index < -0.39 is 27.8 Å². The molecule has 4 aromatic rings. The normalized spacial score (nSPS) is 11.7. The second-order valence-electron chi connectivity index (χ2n) is 8.08. The van der Waals surface area contributed by atoms with Gasteiger partial charge >= 0.3 is 6.18 Å². The zero-order valence-electron chi connectivity index (χ0n) is 20.3. The maximum absolute atomic E-state index is 13.1. The Balaban J connectivity index is 1.71. The van der Waals surface area contributed by atoms with Crippen molar-refractivity contribution in [2.45, 2.75) is 19.7 Å². The molecule has 0 atom stereocenters. The van der Waals surface area contributed by atoms with Crippen molar-refractivity contribution in [3.8, 4) is 17.0 Å². The molecule has 1 amide bonds. The summed E-state index contributed by atoms with van der Waals surface area (Å²) in [5.74, 6) is -1.33. The molecule has 5 N–H and O–H groups in total. The number of aromatic nitrogens is 4. The topological polar surface area (TPSA) is 165 Å². The number of carbonyl (C=O) groups excluding carboxylic acids is 1. The molecule has 4 rings (SSSR count). The first-order valence-electron chi connectivity index (χ1n) is 11.3. The van der Waals surface area contributed by atoms with Crippen LogP contribution >= 0.6 is 0 Å². The Morgan fingerprint density at radius 2 is 1.87 bits per heavy atom. The molecule has 0 saturated carbocycles. The minimum absolute atomic E-state index is 0.0759. The number of nitrogens with zero attached hydrogens (tertiary/aromatic N) is 3. The van der Waals surface area contributed by atoms with Gasteiger partial charge < -0.3 is 15.8 Å². The number of benzene rings is 1. The van der Waals surface area contributed by atoms with Crippen LogP contribution in [0.5, 0.6) is 5.75 Å². The van der Waals surface area contributed by atoms with Crippen molar-refractivity contribution in [2.75, 3.05) is 15.8 Å². The molecule has 0 fully saturated rings. The Morgan fingerprint density at radius 3 is 2.54 bits per heavy atom. The Bertz CT molecular complexity index is 1590. The van der Waals surface area contributed by atoms with Crippen LogP contribution in [0.4, 0.5) is 30.5 Å². The number of anilines is 3. The molecule has 11 nitrogen and oxygen atoms in total. The summed E-state index contributed by atoms with van der Waals surface area (Å²) in [4.78, 5) is 19.8. The number of H-pyrrole nitrogens is 1. The van der Waals surface area contributed by atoms with Gasteiger partial charge in [-0.2, -0.15) is 18.3 Å². The lowest BCUT2D eigenvalue weighted by Crippen LogP contribution is -2.16. The fourth-order valence-electron chi connectivity index (χ4n) is 3.43. The van der Waals surface area contributed by atoms with Gasteiger partial charge in [-0.15, -0.1) is 0 Å². The highest BCUT2D eigenvalue weighted by atomic mass is 32.2. The molecule has 0 saturated heterocycles. The molecule has 3 aromatic heterocycles. The van der Waals surface area contributed by atoms with E-state index in [2.05, 4.69) is 30.2 Å². The highest BCUT2D eigenvalue weighted by Crippen LogP contribution is 2.35. The standard InChI is InChI=1S/C24H22F3N7O4S/c1-2-39(36,37)34-16-7-6-15(12-17(16)38-13-14-8-10-29-11-9-14)21-20(22(28)35)23(33-32-21)31-19-5-3-4-18(30-19)24(25,26)27/h3-12,34H,2,13H2,1H3,(H2,28,35)(H2,30,31,32,33). The molecule has 0 aliphatic carbocycles. The Kier molecular flexibility index (Phi) is 7.71. The van der Waals surface area contributed by atoms with Crippen molar-refractivity contribution in [2.24, 2.45) is 5.73 Å². The number of aromatic amines is 1. The van der Waals surface area contributed by atoms with E-state index in [1.165, 1.54) is 31.2 Å². The molecule has 0 spiro atoms. The minimum atomic E-state index is -4.67. The van der Waals surface area contributed by atoms with E-state index in [0.717, 1.165) is 17.7 Å². The molecular weight excluding hydrogens is 539 g/mol. The van der Waals surface area contributed by atoms with Gasteiger partial charge in [-0.25, -0.2) is 13.4 Å². The number of alkyl halides is 3. The number of sulfonamides is 1. The average molecular weight is 562 g/mol. The SMILES string of the molecule is CCS(=O)(=O)Nc1ccc(-c2[nH]nc(Nc3cccc(C(F)(F)F)n3)c2C(N)=O)cc1OCc1ccncc1. The number of hydrogen-bond acceptors (Lipinski definition) is 8. The molecule has 3 heterocycles. The molecule has 204 valence electrons. The van der Waals surface area contributed by atoms with Gasteiger partial charge in [-0.3, -0.25) is 19.6 Å². The van der Waals surface area contributed by atoms with E-state index in [1.807, 2.05) is 0 Å². The Morgan fingerprint density at radius 1 is 1.13 bits per heavy atom. The summed E-state index contributed by atoms with van der Waals surface area (Å²) in [6.07, 6.45) is -1.52. The summed E-state index contributed by atoms with van der Waals surface area (Å²) in [6.45, 7) is 1.55. The first-order chi connectivity index (χ1) is 18.5. The van der Waals surface area contributed by atoms with E-state index in [1.54, 1.807) is 24.5 Å². The smallest absolute Gasteiger partial charge is 0.433 e. The molecular formula is C24H22F3N7O4S. The summed E-state index contributed by atoms with van der Waals surface area (Å²) in [7, 11) is -3.65. The number of nitrogens with one attached hydrogen (secondary N) is 3. The van der Waals surface area contributed by atoms with Crippen molar-refractivity contribution in [1.29, 1.82) is 0 Å². The predicted octanol–water partition coefficient (Wildman–Crippen LogP) is 4.07. The quantitative estimate of drug-likeness (QED) is 0.225. The molecule has 15 heteroatoms. The van der Waals surface area contributed by atoms with Crippen LogP contribution in [0.15, 0.2) is 60.9 Å². The van der Waals surface area contributed by atoms with Crippen molar-refractivity contribution in [3.05, 3.63) is 77.7 Å². The van der Waals surface area contributed by atoms with Crippen molar-refractivity contribution in [3.63, 3.8) is 0 Å². The largest absolute Gasteiger partial charge is 0.487 e. The molecule has 0 aliphatic rings. The minimum Gasteiger partial charge on any atom is -0.487 e. The number of primary amides is 1. The van der Waals surface area contributed by atoms with Crippen LogP contribution in [0.25, 0.3) is 11.3 Å². The molecule has 0 radical (unpaired) electrons. The summed E-state index contributed by atoms with van der Waals surface area (Å²) in [6, 6.07) is 11.1. The number of rotatable bonds is 10. The lowest BCUT2D eigenvalue weighted by molar-refractivity contribution is -0.141. The monoisotopic (exact) mass is 561 g/mol. The third kappa shape index (κ3) is 6.62. The number of carbonyl (C=O) groups is 1. The predicted molar refractivity (Wildman–Crippen MR) is 137 cm³/mol. The summed E-state index contributed by atoms with van der Waals surface area (Å²) < 4.78 is 72.0. The first kappa shape index (κ1) is 27.4. The van der Waals surface area contributed by atoms with Crippen LogP contribution in [0.2, 0.25) is 0 Å². The van der Waals surface area contributed by atoms with Gasteiger partial charge in [0.05, 0.1) is 17.1 Å². The summed E-state index contributed by atoms with van der Waals surface area (Å²) in [5, 5.41) is 9.24. The van der Waals surface area contributed by atoms with Gasteiger partial charge in [-0.1, -0.05) is 12.1 Å². The lowest BCUT2D eigenvalue weighted by atomic mass is 10.1. The van der Waals surface area contributed by atoms with Gasteiger partial charge in [-0.05, 0) is 48.9 Å². The number of pyridine rings is 2. The Hall–Kier alpha value is -4.66. The number of ether oxygens (including phenoxy) is 1. The third-order valence-electron chi connectivity index (χ3n) is 5.36. The molecule has 0 bridgehead atoms. The van der Waals surface area contributed by atoms with Crippen LogP contribution in [0, 0.1) is 0 Å². The van der Waals surface area contributed by atoms with Gasteiger partial charge in [0.25, 0.3) is 5.91 Å². The van der Waals surface area contributed by atoms with Crippen LogP contribution < -0.4 is 20.5 Å². The van der Waals surface area contributed by atoms with E-state index >= 15 is 0 Å². The molecule has 0 aliphatic heterocycles. The highest BCUT2D eigenvalue weighted by molar-refractivity contribution is 7.92. The first-order valence-corrected chi connectivity index (χ1v) is 13.0. The van der Waals surface area contributed by atoms with E-state index in [4.69, 9.17) is 10.5 Å². The molecule has 39 heavy (non-hydrogen) atoms. The summed E-state index contributed by atoms with van der Waals surface area (Å²) >= 11 is 0. The number of halogens is 3. The third-order valence-corrected chi connectivity index (χ3v) is 6.65. The maximum atomic E-state index is 13.1. The van der Waals surface area contributed by atoms with Crippen molar-refractivity contribution in [1.82, 2.24) is 20.2 Å². The van der Waals surface area contributed by atoms with Crippen LogP contribution in [-0.4, -0.2) is 40.2 Å². The van der Waals surface area contributed by atoms with Crippen LogP contribution in [-0.2, 0) is 22.8 Å². The number of hydrogen-bond donors (Lipinski definition) is 4. The van der Waals surface area contributed by atoms with E-state index in [0.29, 0.717) is 5.56 Å². The molecule has 0 unspecified atom stereocenters. The zero-order chi connectivity index (χ0) is 28.2. The van der Waals surface area contributed by atoms with E-state index in [-0.39, 0.29) is 46.7 Å². The zero-order valence-corrected chi connectivity index (χ0v) is 21.1. The second-order valence-corrected chi connectivity index (χ2v) is 10.1. The number of nitrogens with two attached hydrogens (primary N) is 1. The lowest BCUT2D eigenvalue weighted by Gasteiger charge is -2.15. The fourth-order valence-corrected chi connectivity index (χ4v) is 4.07. The van der Waals surface area contributed by atoms with Crippen molar-refractivity contribution >= 4 is 33.3 Å². The van der Waals surface area contributed by atoms with E-state index in [9.17, 15) is 26.4 Å². The van der Waals surface area contributed by atoms with Crippen LogP contribution in [0.3, 0.4) is 0 Å². The van der Waals surface area contributed by atoms with Crippen molar-refractivity contribution < 1.29 is 31.1 Å². The maximum Gasteiger partial charge on any atom is 0.433 e. The fraction of sp³-hybridized carbons (Fsp3) is 0.167. The second kappa shape index (κ2) is 11.0. The van der Waals surface area contributed by atoms with Gasteiger partial charge in [0.1, 0.15) is 29.4 Å². The summed E-state index contributed by atoms with van der Waals surface area (Å²) in [5.41, 5.74) is 5.67. The van der Waals surface area contributed by atoms with Crippen LogP contribution in [0.1, 0.15) is 28.5 Å². The Labute approximate surface area is 220 Å². The number of amides is 1. The van der Waals surface area contributed by atoms with Gasteiger partial charge in [0, 0.05) is 18.0 Å². The average Bonchev–Trinajstić information content (AvgIpc) is 3.32. The van der Waals surface area contributed by atoms with Gasteiger partial charge in [0.15, 0.2) is 5.82 Å². The highest BCUT2D eigenvalue weighted by Gasteiger charge is 2.32. The van der Waals surface area contributed by atoms with Gasteiger partial charge in [0.2, 0.25) is 10.0 Å².